The average molecular weight is 460 g/mol. The van der Waals surface area contributed by atoms with Gasteiger partial charge in [-0.2, -0.15) is 0 Å². The molecule has 1 aromatic heterocycles. The lowest BCUT2D eigenvalue weighted by atomic mass is 9.62. The van der Waals surface area contributed by atoms with E-state index in [1.54, 1.807) is 6.07 Å². The highest BCUT2D eigenvalue weighted by atomic mass is 35.5. The molecule has 8 heteroatoms. The van der Waals surface area contributed by atoms with Crippen molar-refractivity contribution in [1.82, 2.24) is 14.9 Å². The lowest BCUT2D eigenvalue weighted by Gasteiger charge is -2.38. The molecule has 32 heavy (non-hydrogen) atoms. The molecule has 0 aromatic carbocycles. The number of Topliss-reactive ketones (excluding diaryl/α,β-unsaturated/α-hetero) is 2. The van der Waals surface area contributed by atoms with Crippen molar-refractivity contribution in [3.63, 3.8) is 0 Å². The molecule has 1 aliphatic heterocycles. The summed E-state index contributed by atoms with van der Waals surface area (Å²) in [6.45, 7) is 5.05. The Morgan fingerprint density at radius 1 is 1.16 bits per heavy atom. The first-order chi connectivity index (χ1) is 15.4. The maximum atomic E-state index is 13.5. The van der Waals surface area contributed by atoms with Crippen molar-refractivity contribution >= 4 is 34.7 Å². The lowest BCUT2D eigenvalue weighted by molar-refractivity contribution is -0.143. The summed E-state index contributed by atoms with van der Waals surface area (Å²) in [5, 5.41) is 0.313. The number of ketones is 2. The van der Waals surface area contributed by atoms with Gasteiger partial charge in [0.05, 0.1) is 11.1 Å². The Balaban J connectivity index is 1.70. The third-order valence-corrected chi connectivity index (χ3v) is 7.64. The van der Waals surface area contributed by atoms with Crippen LogP contribution >= 0.6 is 11.6 Å². The Morgan fingerprint density at radius 3 is 2.69 bits per heavy atom. The summed E-state index contributed by atoms with van der Waals surface area (Å²) in [7, 11) is 2.14. The molecule has 1 spiro atoms. The van der Waals surface area contributed by atoms with Gasteiger partial charge in [-0.05, 0) is 58.5 Å². The molecule has 2 saturated carbocycles. The second kappa shape index (κ2) is 9.48. The Kier molecular flexibility index (Phi) is 6.86. The molecule has 4 rings (SSSR count). The highest BCUT2D eigenvalue weighted by Gasteiger charge is 2.49. The van der Waals surface area contributed by atoms with Crippen LogP contribution in [0.2, 0.25) is 5.15 Å². The Morgan fingerprint density at radius 2 is 1.94 bits per heavy atom. The number of nitrogens with zero attached hydrogens (tertiary/aromatic N) is 4. The number of likely N-dealkylation sites (N-methyl/N-ethyl adjacent to an activating group) is 1. The van der Waals surface area contributed by atoms with Crippen LogP contribution in [0, 0.1) is 5.41 Å². The first-order valence-electron chi connectivity index (χ1n) is 11.9. The van der Waals surface area contributed by atoms with E-state index in [0.29, 0.717) is 48.3 Å². The van der Waals surface area contributed by atoms with E-state index in [1.165, 1.54) is 0 Å². The fourth-order valence-electron chi connectivity index (χ4n) is 5.64. The Labute approximate surface area is 195 Å². The molecule has 0 amide bonds. The van der Waals surface area contributed by atoms with Crippen molar-refractivity contribution < 1.29 is 9.59 Å². The fraction of sp³-hybridized carbons (Fsp3) is 0.667. The number of allylic oxidation sites excluding steroid dienone is 1. The fourth-order valence-corrected chi connectivity index (χ4v) is 5.82. The minimum atomic E-state index is -0.888. The molecule has 174 valence electrons. The summed E-state index contributed by atoms with van der Waals surface area (Å²) in [6.07, 6.45) is 6.86. The van der Waals surface area contributed by atoms with Crippen LogP contribution in [0.4, 0.5) is 5.82 Å². The van der Waals surface area contributed by atoms with Crippen LogP contribution in [0.3, 0.4) is 0 Å². The third kappa shape index (κ3) is 4.29. The summed E-state index contributed by atoms with van der Waals surface area (Å²) in [5.74, 6) is 1.01. The van der Waals surface area contributed by atoms with Crippen LogP contribution in [-0.2, 0) is 9.59 Å². The molecule has 0 unspecified atom stereocenters. The number of hydrogen-bond donors (Lipinski definition) is 1. The van der Waals surface area contributed by atoms with E-state index in [4.69, 9.17) is 22.3 Å². The van der Waals surface area contributed by atoms with Crippen LogP contribution in [0.15, 0.2) is 11.6 Å². The monoisotopic (exact) mass is 459 g/mol. The molecule has 0 bridgehead atoms. The van der Waals surface area contributed by atoms with E-state index in [1.807, 2.05) is 0 Å². The van der Waals surface area contributed by atoms with Crippen molar-refractivity contribution in [2.75, 3.05) is 31.6 Å². The van der Waals surface area contributed by atoms with E-state index in [-0.39, 0.29) is 17.3 Å². The number of hydrogen-bond acceptors (Lipinski definition) is 7. The zero-order valence-corrected chi connectivity index (χ0v) is 20.0. The van der Waals surface area contributed by atoms with Gasteiger partial charge < -0.3 is 15.5 Å². The molecule has 2 atom stereocenters. The van der Waals surface area contributed by atoms with Crippen LogP contribution in [-0.4, -0.2) is 59.2 Å². The van der Waals surface area contributed by atoms with Gasteiger partial charge in [-0.3, -0.25) is 9.59 Å². The zero-order valence-electron chi connectivity index (χ0n) is 19.2. The van der Waals surface area contributed by atoms with E-state index in [9.17, 15) is 9.59 Å². The summed E-state index contributed by atoms with van der Waals surface area (Å²) in [5.41, 5.74) is 6.41. The number of anilines is 1. The summed E-state index contributed by atoms with van der Waals surface area (Å²) in [4.78, 5) is 40.1. The van der Waals surface area contributed by atoms with E-state index in [2.05, 4.69) is 28.8 Å². The van der Waals surface area contributed by atoms with Crippen LogP contribution < -0.4 is 10.6 Å². The number of nitrogens with two attached hydrogens (primary N) is 1. The minimum Gasteiger partial charge on any atom is -0.395 e. The molecular weight excluding hydrogens is 426 g/mol. The zero-order chi connectivity index (χ0) is 22.9. The number of aromatic nitrogens is 2. The van der Waals surface area contributed by atoms with Crippen molar-refractivity contribution in [2.24, 2.45) is 11.1 Å². The van der Waals surface area contributed by atoms with Gasteiger partial charge in [0.2, 0.25) is 0 Å². The maximum Gasteiger partial charge on any atom is 0.179 e. The van der Waals surface area contributed by atoms with Gasteiger partial charge in [-0.25, -0.2) is 9.97 Å². The van der Waals surface area contributed by atoms with Crippen LogP contribution in [0.25, 0.3) is 5.70 Å². The van der Waals surface area contributed by atoms with Crippen molar-refractivity contribution in [3.05, 3.63) is 22.6 Å². The van der Waals surface area contributed by atoms with E-state index >= 15 is 0 Å². The topological polar surface area (TPSA) is 92.4 Å². The van der Waals surface area contributed by atoms with Gasteiger partial charge in [-0.1, -0.05) is 24.9 Å². The summed E-state index contributed by atoms with van der Waals surface area (Å²) in [6, 6.07) is 2.10. The molecule has 2 heterocycles. The Bertz CT molecular complexity index is 929. The normalized spacial score (nSPS) is 29.3. The largest absolute Gasteiger partial charge is 0.395 e. The predicted molar refractivity (Wildman–Crippen MR) is 126 cm³/mol. The predicted octanol–water partition coefficient (Wildman–Crippen LogP) is 3.60. The van der Waals surface area contributed by atoms with Crippen LogP contribution in [0.5, 0.6) is 0 Å². The number of carbonyl (C=O) groups is 2. The highest BCUT2D eigenvalue weighted by molar-refractivity contribution is 6.29. The van der Waals surface area contributed by atoms with Crippen molar-refractivity contribution in [1.29, 1.82) is 0 Å². The van der Waals surface area contributed by atoms with Crippen molar-refractivity contribution in [2.45, 2.75) is 70.8 Å². The van der Waals surface area contributed by atoms with Gasteiger partial charge in [0.1, 0.15) is 16.8 Å². The van der Waals surface area contributed by atoms with Gasteiger partial charge in [0.25, 0.3) is 0 Å². The number of halogens is 1. The van der Waals surface area contributed by atoms with Gasteiger partial charge in [-0.15, -0.1) is 0 Å². The molecule has 1 saturated heterocycles. The molecule has 2 N–H and O–H groups in total. The summed E-state index contributed by atoms with van der Waals surface area (Å²) < 4.78 is 0. The number of carbonyl (C=O) groups excluding carboxylic acids is 2. The van der Waals surface area contributed by atoms with Gasteiger partial charge in [0.15, 0.2) is 11.6 Å². The quantitative estimate of drug-likeness (QED) is 0.419. The number of rotatable bonds is 3. The molecule has 3 fully saturated rings. The van der Waals surface area contributed by atoms with Gasteiger partial charge >= 0.3 is 0 Å². The first-order valence-corrected chi connectivity index (χ1v) is 12.3. The summed E-state index contributed by atoms with van der Waals surface area (Å²) >= 11 is 6.41. The average Bonchev–Trinajstić information content (AvgIpc) is 2.97. The lowest BCUT2D eigenvalue weighted by Crippen LogP contribution is -2.45. The second-order valence-electron chi connectivity index (χ2n) is 9.53. The molecule has 7 nitrogen and oxygen atoms in total. The molecule has 0 radical (unpaired) electrons. The van der Waals surface area contributed by atoms with E-state index in [0.717, 1.165) is 57.6 Å². The van der Waals surface area contributed by atoms with E-state index < -0.39 is 5.41 Å². The Hall–Kier alpha value is -1.99. The SMILES string of the molecule is CC[C@H]1CN(C)CCCN1c1cc(Cl)nc(/C(N)=C2\CCC[C@@]3(CCCCC3=O)C2=O)n1. The third-order valence-electron chi connectivity index (χ3n) is 7.45. The highest BCUT2D eigenvalue weighted by Crippen LogP contribution is 2.45. The van der Waals surface area contributed by atoms with Crippen molar-refractivity contribution in [3.8, 4) is 0 Å². The maximum absolute atomic E-state index is 13.5. The molecular formula is C24H34ClN5O2. The van der Waals surface area contributed by atoms with Gasteiger partial charge in [0, 0.05) is 37.2 Å². The second-order valence-corrected chi connectivity index (χ2v) is 9.92. The molecule has 1 aromatic rings. The molecule has 2 aliphatic carbocycles. The smallest absolute Gasteiger partial charge is 0.179 e. The minimum absolute atomic E-state index is 0.0749. The molecule has 3 aliphatic rings. The standard InChI is InChI=1S/C24H34ClN5O2/c1-3-16-15-29(2)12-7-13-30(16)20-14-19(25)27-23(28-20)21(26)17-8-6-11-24(22(17)32)10-5-4-9-18(24)31/h14,16H,3-13,15,26H2,1-2H3/b21-17-/t16-,24+/m0/s1. The van der Waals surface area contributed by atoms with Crippen LogP contribution in [0.1, 0.15) is 70.5 Å². The first kappa shape index (κ1) is 23.2.